The Labute approximate surface area is 133 Å². The number of carbonyl (C=O) groups excluding carboxylic acids is 2. The number of nitrogens with zero attached hydrogens (tertiary/aromatic N) is 2. The summed E-state index contributed by atoms with van der Waals surface area (Å²) in [5.41, 5.74) is 2.23. The van der Waals surface area contributed by atoms with Crippen molar-refractivity contribution >= 4 is 11.8 Å². The normalized spacial score (nSPS) is 21.8. The highest BCUT2D eigenvalue weighted by Crippen LogP contribution is 2.36. The summed E-state index contributed by atoms with van der Waals surface area (Å²) in [7, 11) is 1.81. The summed E-state index contributed by atoms with van der Waals surface area (Å²) in [4.78, 5) is 28.6. The molecule has 0 saturated carbocycles. The first-order valence-corrected chi connectivity index (χ1v) is 8.10. The van der Waals surface area contributed by atoms with Crippen LogP contribution < -0.4 is 0 Å². The third kappa shape index (κ3) is 3.16. The van der Waals surface area contributed by atoms with Gasteiger partial charge in [-0.3, -0.25) is 9.59 Å². The van der Waals surface area contributed by atoms with Crippen LogP contribution in [0.3, 0.4) is 0 Å². The number of rotatable bonds is 4. The van der Waals surface area contributed by atoms with Crippen molar-refractivity contribution in [3.63, 3.8) is 0 Å². The zero-order valence-corrected chi connectivity index (χ0v) is 14.0. The molecule has 1 aliphatic rings. The van der Waals surface area contributed by atoms with Gasteiger partial charge in [0.05, 0.1) is 12.0 Å². The van der Waals surface area contributed by atoms with Crippen LogP contribution in [0.15, 0.2) is 24.3 Å². The molecule has 1 saturated heterocycles. The van der Waals surface area contributed by atoms with Crippen molar-refractivity contribution in [2.75, 3.05) is 20.1 Å². The maximum atomic E-state index is 12.9. The molecular weight excluding hydrogens is 276 g/mol. The molecule has 22 heavy (non-hydrogen) atoms. The van der Waals surface area contributed by atoms with Gasteiger partial charge >= 0.3 is 0 Å². The first-order valence-electron chi connectivity index (χ1n) is 8.10. The van der Waals surface area contributed by atoms with Crippen LogP contribution in [0.4, 0.5) is 0 Å². The largest absolute Gasteiger partial charge is 0.343 e. The monoisotopic (exact) mass is 302 g/mol. The summed E-state index contributed by atoms with van der Waals surface area (Å²) in [6.45, 7) is 7.46. The van der Waals surface area contributed by atoms with Crippen molar-refractivity contribution in [3.8, 4) is 0 Å². The van der Waals surface area contributed by atoms with E-state index in [0.717, 1.165) is 5.56 Å². The SMILES string of the molecule is CCN(CC)C(=O)[C@@H]1CCC(=O)N(C)[C@@H]1c1ccc(C)cc1. The van der Waals surface area contributed by atoms with Crippen LogP contribution in [0, 0.1) is 12.8 Å². The minimum atomic E-state index is -0.157. The lowest BCUT2D eigenvalue weighted by molar-refractivity contribution is -0.146. The average molecular weight is 302 g/mol. The van der Waals surface area contributed by atoms with E-state index in [-0.39, 0.29) is 23.8 Å². The standard InChI is InChI=1S/C18H26N2O2/c1-5-20(6-2)18(22)15-11-12-16(21)19(4)17(15)14-9-7-13(3)8-10-14/h7-10,15,17H,5-6,11-12H2,1-4H3/t15-,17-/m1/s1. The van der Waals surface area contributed by atoms with E-state index in [1.807, 2.05) is 57.0 Å². The summed E-state index contributed by atoms with van der Waals surface area (Å²) in [5, 5.41) is 0. The number of carbonyl (C=O) groups is 2. The minimum Gasteiger partial charge on any atom is -0.343 e. The summed E-state index contributed by atoms with van der Waals surface area (Å²) in [5.74, 6) is 0.134. The molecule has 0 aliphatic carbocycles. The molecule has 1 aromatic rings. The van der Waals surface area contributed by atoms with Crippen molar-refractivity contribution < 1.29 is 9.59 Å². The lowest BCUT2D eigenvalue weighted by Gasteiger charge is -2.40. The third-order valence-electron chi connectivity index (χ3n) is 4.67. The molecule has 0 unspecified atom stereocenters. The van der Waals surface area contributed by atoms with Crippen LogP contribution in [0.2, 0.25) is 0 Å². The molecule has 0 N–H and O–H groups in total. The number of amides is 2. The molecule has 2 amide bonds. The Morgan fingerprint density at radius 1 is 1.23 bits per heavy atom. The molecule has 4 nitrogen and oxygen atoms in total. The molecule has 1 aliphatic heterocycles. The van der Waals surface area contributed by atoms with Gasteiger partial charge in [-0.15, -0.1) is 0 Å². The molecule has 120 valence electrons. The van der Waals surface area contributed by atoms with Crippen LogP contribution >= 0.6 is 0 Å². The second-order valence-electron chi connectivity index (χ2n) is 6.02. The number of hydrogen-bond donors (Lipinski definition) is 0. The fourth-order valence-corrected chi connectivity index (χ4v) is 3.29. The van der Waals surface area contributed by atoms with Crippen molar-refractivity contribution in [1.29, 1.82) is 0 Å². The zero-order chi connectivity index (χ0) is 16.3. The van der Waals surface area contributed by atoms with E-state index in [4.69, 9.17) is 0 Å². The summed E-state index contributed by atoms with van der Waals surface area (Å²) < 4.78 is 0. The maximum Gasteiger partial charge on any atom is 0.228 e. The van der Waals surface area contributed by atoms with Crippen LogP contribution in [-0.2, 0) is 9.59 Å². The predicted octanol–water partition coefficient (Wildman–Crippen LogP) is 2.77. The van der Waals surface area contributed by atoms with E-state index in [1.54, 1.807) is 4.90 Å². The maximum absolute atomic E-state index is 12.9. The summed E-state index contributed by atoms with van der Waals surface area (Å²) in [6, 6.07) is 8.01. The van der Waals surface area contributed by atoms with Gasteiger partial charge in [0.25, 0.3) is 0 Å². The van der Waals surface area contributed by atoms with Crippen molar-refractivity contribution in [2.24, 2.45) is 5.92 Å². The van der Waals surface area contributed by atoms with Gasteiger partial charge < -0.3 is 9.80 Å². The summed E-state index contributed by atoms with van der Waals surface area (Å²) in [6.07, 6.45) is 1.09. The van der Waals surface area contributed by atoms with Gasteiger partial charge in [-0.25, -0.2) is 0 Å². The van der Waals surface area contributed by atoms with E-state index in [1.165, 1.54) is 5.56 Å². The van der Waals surface area contributed by atoms with Gasteiger partial charge in [0.2, 0.25) is 11.8 Å². The van der Waals surface area contributed by atoms with E-state index in [2.05, 4.69) is 0 Å². The first kappa shape index (κ1) is 16.5. The highest BCUT2D eigenvalue weighted by Gasteiger charge is 2.39. The van der Waals surface area contributed by atoms with Crippen LogP contribution in [0.5, 0.6) is 0 Å². The Bertz CT molecular complexity index is 535. The lowest BCUT2D eigenvalue weighted by Crippen LogP contribution is -2.47. The van der Waals surface area contributed by atoms with Crippen LogP contribution in [0.1, 0.15) is 43.9 Å². The topological polar surface area (TPSA) is 40.6 Å². The molecule has 0 bridgehead atoms. The highest BCUT2D eigenvalue weighted by molar-refractivity contribution is 5.85. The highest BCUT2D eigenvalue weighted by atomic mass is 16.2. The molecule has 0 aromatic heterocycles. The fourth-order valence-electron chi connectivity index (χ4n) is 3.29. The second kappa shape index (κ2) is 6.95. The van der Waals surface area contributed by atoms with Gasteiger partial charge in [-0.1, -0.05) is 29.8 Å². The smallest absolute Gasteiger partial charge is 0.228 e. The van der Waals surface area contributed by atoms with Crippen LogP contribution in [0.25, 0.3) is 0 Å². The number of hydrogen-bond acceptors (Lipinski definition) is 2. The lowest BCUT2D eigenvalue weighted by atomic mass is 9.83. The minimum absolute atomic E-state index is 0.120. The Balaban J connectivity index is 2.35. The van der Waals surface area contributed by atoms with Gasteiger partial charge in [-0.05, 0) is 32.8 Å². The molecule has 2 atom stereocenters. The zero-order valence-electron chi connectivity index (χ0n) is 14.0. The third-order valence-corrected chi connectivity index (χ3v) is 4.67. The van der Waals surface area contributed by atoms with Crippen molar-refractivity contribution in [3.05, 3.63) is 35.4 Å². The number of likely N-dealkylation sites (tertiary alicyclic amines) is 1. The Morgan fingerprint density at radius 3 is 2.36 bits per heavy atom. The Kier molecular flexibility index (Phi) is 5.22. The molecule has 1 fully saturated rings. The van der Waals surface area contributed by atoms with Gasteiger partial charge in [-0.2, -0.15) is 0 Å². The van der Waals surface area contributed by atoms with Gasteiger partial charge in [0.15, 0.2) is 0 Å². The van der Waals surface area contributed by atoms with E-state index in [9.17, 15) is 9.59 Å². The van der Waals surface area contributed by atoms with Crippen molar-refractivity contribution in [1.82, 2.24) is 9.80 Å². The quantitative estimate of drug-likeness (QED) is 0.858. The Morgan fingerprint density at radius 2 is 1.82 bits per heavy atom. The molecule has 1 heterocycles. The van der Waals surface area contributed by atoms with Gasteiger partial charge in [0, 0.05) is 26.6 Å². The fraction of sp³-hybridized carbons (Fsp3) is 0.556. The molecule has 1 aromatic carbocycles. The molecule has 2 rings (SSSR count). The average Bonchev–Trinajstić information content (AvgIpc) is 2.52. The Hall–Kier alpha value is -1.84. The van der Waals surface area contributed by atoms with Gasteiger partial charge in [0.1, 0.15) is 0 Å². The number of benzene rings is 1. The van der Waals surface area contributed by atoms with Crippen molar-refractivity contribution in [2.45, 2.75) is 39.7 Å². The molecule has 4 heteroatoms. The molecule has 0 spiro atoms. The second-order valence-corrected chi connectivity index (χ2v) is 6.02. The first-order chi connectivity index (χ1) is 10.5. The molecule has 0 radical (unpaired) electrons. The predicted molar refractivity (Wildman–Crippen MR) is 87.3 cm³/mol. The van der Waals surface area contributed by atoms with E-state index < -0.39 is 0 Å². The summed E-state index contributed by atoms with van der Waals surface area (Å²) >= 11 is 0. The molecular formula is C18H26N2O2. The number of piperidine rings is 1. The van der Waals surface area contributed by atoms with Crippen LogP contribution in [-0.4, -0.2) is 41.8 Å². The number of aryl methyl sites for hydroxylation is 1. The van der Waals surface area contributed by atoms with E-state index in [0.29, 0.717) is 25.9 Å². The van der Waals surface area contributed by atoms with E-state index >= 15 is 0 Å².